The van der Waals surface area contributed by atoms with Gasteiger partial charge in [0.1, 0.15) is 5.75 Å². The fraction of sp³-hybridized carbons (Fsp3) is 0.263. The molecule has 0 spiro atoms. The van der Waals surface area contributed by atoms with E-state index in [1.54, 1.807) is 16.8 Å². The molecule has 0 aliphatic carbocycles. The standard InChI is InChI=1S/C19H20N4O4/c1-11-15-8-14(10-21-17(15)23(2)22-11)18(24)20-7-6-12-4-5-13(19(25)26)9-16(12)27-3/h4-5,8-10H,6-7H2,1-3H3,(H,20,24)(H,25,26). The molecule has 140 valence electrons. The molecule has 27 heavy (non-hydrogen) atoms. The van der Waals surface area contributed by atoms with Crippen molar-refractivity contribution in [3.63, 3.8) is 0 Å². The molecule has 8 nitrogen and oxygen atoms in total. The third kappa shape index (κ3) is 3.74. The molecule has 2 N–H and O–H groups in total. The number of rotatable bonds is 6. The molecule has 2 aromatic heterocycles. The summed E-state index contributed by atoms with van der Waals surface area (Å²) in [5.41, 5.74) is 2.99. The minimum Gasteiger partial charge on any atom is -0.496 e. The van der Waals surface area contributed by atoms with Crippen LogP contribution in [0.1, 0.15) is 32.0 Å². The number of aromatic nitrogens is 3. The van der Waals surface area contributed by atoms with Crippen molar-refractivity contribution >= 4 is 22.9 Å². The summed E-state index contributed by atoms with van der Waals surface area (Å²) >= 11 is 0. The van der Waals surface area contributed by atoms with Crippen LogP contribution in [-0.4, -0.2) is 45.4 Å². The zero-order valence-electron chi connectivity index (χ0n) is 15.3. The normalized spacial score (nSPS) is 10.8. The van der Waals surface area contributed by atoms with E-state index in [-0.39, 0.29) is 11.5 Å². The van der Waals surface area contributed by atoms with E-state index >= 15 is 0 Å². The molecule has 0 saturated heterocycles. The van der Waals surface area contributed by atoms with E-state index in [0.29, 0.717) is 24.3 Å². The summed E-state index contributed by atoms with van der Waals surface area (Å²) in [5.74, 6) is -0.756. The van der Waals surface area contributed by atoms with Crippen LogP contribution in [0.3, 0.4) is 0 Å². The fourth-order valence-corrected chi connectivity index (χ4v) is 2.93. The first kappa shape index (κ1) is 18.4. The summed E-state index contributed by atoms with van der Waals surface area (Å²) in [7, 11) is 3.30. The number of pyridine rings is 1. The average Bonchev–Trinajstić information content (AvgIpc) is 2.95. The van der Waals surface area contributed by atoms with E-state index < -0.39 is 5.97 Å². The van der Waals surface area contributed by atoms with Crippen molar-refractivity contribution in [2.45, 2.75) is 13.3 Å². The highest BCUT2D eigenvalue weighted by Crippen LogP contribution is 2.21. The van der Waals surface area contributed by atoms with Gasteiger partial charge in [-0.25, -0.2) is 9.78 Å². The van der Waals surface area contributed by atoms with Crippen molar-refractivity contribution in [3.8, 4) is 5.75 Å². The molecule has 8 heteroatoms. The molecule has 2 heterocycles. The lowest BCUT2D eigenvalue weighted by Crippen LogP contribution is -2.26. The number of amides is 1. The number of methoxy groups -OCH3 is 1. The van der Waals surface area contributed by atoms with E-state index in [0.717, 1.165) is 22.3 Å². The first-order chi connectivity index (χ1) is 12.9. The van der Waals surface area contributed by atoms with Gasteiger partial charge in [-0.15, -0.1) is 0 Å². The Morgan fingerprint density at radius 3 is 2.74 bits per heavy atom. The van der Waals surface area contributed by atoms with Gasteiger partial charge in [0.2, 0.25) is 0 Å². The molecule has 0 aliphatic heterocycles. The van der Waals surface area contributed by atoms with Crippen molar-refractivity contribution in [2.75, 3.05) is 13.7 Å². The maximum Gasteiger partial charge on any atom is 0.335 e. The average molecular weight is 368 g/mol. The molecule has 0 fully saturated rings. The summed E-state index contributed by atoms with van der Waals surface area (Å²) < 4.78 is 6.93. The number of nitrogens with zero attached hydrogens (tertiary/aromatic N) is 3. The minimum absolute atomic E-state index is 0.158. The number of nitrogens with one attached hydrogen (secondary N) is 1. The van der Waals surface area contributed by atoms with Crippen molar-refractivity contribution in [2.24, 2.45) is 7.05 Å². The SMILES string of the molecule is COc1cc(C(=O)O)ccc1CCNC(=O)c1cnc2c(c1)c(C)nn2C. The summed E-state index contributed by atoms with van der Waals surface area (Å²) in [6.07, 6.45) is 2.04. The first-order valence-corrected chi connectivity index (χ1v) is 8.38. The van der Waals surface area contributed by atoms with E-state index in [1.165, 1.54) is 25.4 Å². The Hall–Kier alpha value is -3.42. The quantitative estimate of drug-likeness (QED) is 0.689. The van der Waals surface area contributed by atoms with E-state index in [4.69, 9.17) is 9.84 Å². The van der Waals surface area contributed by atoms with Crippen molar-refractivity contribution < 1.29 is 19.4 Å². The van der Waals surface area contributed by atoms with E-state index in [9.17, 15) is 9.59 Å². The van der Waals surface area contributed by atoms with Crippen LogP contribution in [-0.2, 0) is 13.5 Å². The Kier molecular flexibility index (Phi) is 5.07. The highest BCUT2D eigenvalue weighted by molar-refractivity contribution is 5.97. The second-order valence-corrected chi connectivity index (χ2v) is 6.14. The number of carbonyl (C=O) groups is 2. The van der Waals surface area contributed by atoms with Gasteiger partial charge in [-0.05, 0) is 37.1 Å². The number of aryl methyl sites for hydroxylation is 2. The highest BCUT2D eigenvalue weighted by atomic mass is 16.5. The predicted octanol–water partition coefficient (Wildman–Crippen LogP) is 1.96. The maximum atomic E-state index is 12.4. The minimum atomic E-state index is -1.01. The number of aromatic carboxylic acids is 1. The monoisotopic (exact) mass is 368 g/mol. The number of ether oxygens (including phenoxy) is 1. The van der Waals surface area contributed by atoms with Gasteiger partial charge in [0.05, 0.1) is 23.9 Å². The number of carbonyl (C=O) groups excluding carboxylic acids is 1. The Morgan fingerprint density at radius 2 is 2.04 bits per heavy atom. The van der Waals surface area contributed by atoms with Crippen LogP contribution < -0.4 is 10.1 Å². The van der Waals surface area contributed by atoms with Gasteiger partial charge in [0.25, 0.3) is 5.91 Å². The van der Waals surface area contributed by atoms with Crippen molar-refractivity contribution in [1.29, 1.82) is 0 Å². The molecule has 0 unspecified atom stereocenters. The summed E-state index contributed by atoms with van der Waals surface area (Å²) in [5, 5.41) is 17.0. The zero-order valence-corrected chi connectivity index (χ0v) is 15.3. The first-order valence-electron chi connectivity index (χ1n) is 8.38. The molecule has 3 aromatic rings. The van der Waals surface area contributed by atoms with Crippen LogP contribution in [0.5, 0.6) is 5.75 Å². The van der Waals surface area contributed by atoms with Gasteiger partial charge in [-0.2, -0.15) is 5.10 Å². The number of fused-ring (bicyclic) bond motifs is 1. The Balaban J connectivity index is 1.68. The van der Waals surface area contributed by atoms with Crippen LogP contribution >= 0.6 is 0 Å². The molecule has 3 rings (SSSR count). The molecule has 1 aromatic carbocycles. The molecular formula is C19H20N4O4. The summed E-state index contributed by atoms with van der Waals surface area (Å²) in [6, 6.07) is 6.47. The topological polar surface area (TPSA) is 106 Å². The van der Waals surface area contributed by atoms with Crippen molar-refractivity contribution in [3.05, 3.63) is 52.8 Å². The van der Waals surface area contributed by atoms with Gasteiger partial charge in [-0.3, -0.25) is 9.48 Å². The number of hydrogen-bond acceptors (Lipinski definition) is 5. The lowest BCUT2D eigenvalue weighted by Gasteiger charge is -2.10. The summed E-state index contributed by atoms with van der Waals surface area (Å²) in [6.45, 7) is 2.25. The van der Waals surface area contributed by atoms with Crippen LogP contribution in [0.15, 0.2) is 30.5 Å². The van der Waals surface area contributed by atoms with Gasteiger partial charge in [0, 0.05) is 25.2 Å². The second-order valence-electron chi connectivity index (χ2n) is 6.14. The van der Waals surface area contributed by atoms with Crippen LogP contribution in [0, 0.1) is 6.92 Å². The van der Waals surface area contributed by atoms with Gasteiger partial charge in [-0.1, -0.05) is 6.07 Å². The largest absolute Gasteiger partial charge is 0.496 e. The maximum absolute atomic E-state index is 12.4. The molecule has 0 bridgehead atoms. The number of carboxylic acids is 1. The van der Waals surface area contributed by atoms with E-state index in [2.05, 4.69) is 15.4 Å². The predicted molar refractivity (Wildman–Crippen MR) is 99.2 cm³/mol. The van der Waals surface area contributed by atoms with E-state index in [1.807, 2.05) is 14.0 Å². The highest BCUT2D eigenvalue weighted by Gasteiger charge is 2.13. The Labute approximate surface area is 155 Å². The van der Waals surface area contributed by atoms with Crippen LogP contribution in [0.4, 0.5) is 0 Å². The second kappa shape index (κ2) is 7.45. The number of carboxylic acid groups (broad SMARTS) is 1. The smallest absolute Gasteiger partial charge is 0.335 e. The molecule has 0 radical (unpaired) electrons. The lowest BCUT2D eigenvalue weighted by atomic mass is 10.1. The zero-order chi connectivity index (χ0) is 19.6. The lowest BCUT2D eigenvalue weighted by molar-refractivity contribution is 0.0696. The third-order valence-corrected chi connectivity index (χ3v) is 4.34. The summed E-state index contributed by atoms with van der Waals surface area (Å²) in [4.78, 5) is 27.7. The molecule has 0 aliphatic rings. The van der Waals surface area contributed by atoms with Gasteiger partial charge < -0.3 is 15.2 Å². The van der Waals surface area contributed by atoms with Gasteiger partial charge >= 0.3 is 5.97 Å². The van der Waals surface area contributed by atoms with Crippen LogP contribution in [0.2, 0.25) is 0 Å². The molecular weight excluding hydrogens is 348 g/mol. The molecule has 1 amide bonds. The Morgan fingerprint density at radius 1 is 1.26 bits per heavy atom. The van der Waals surface area contributed by atoms with Crippen LogP contribution in [0.25, 0.3) is 11.0 Å². The Bertz CT molecular complexity index is 1030. The molecule has 0 atom stereocenters. The third-order valence-electron chi connectivity index (χ3n) is 4.34. The van der Waals surface area contributed by atoms with Gasteiger partial charge in [0.15, 0.2) is 5.65 Å². The number of benzene rings is 1. The fourth-order valence-electron chi connectivity index (χ4n) is 2.93. The molecule has 0 saturated carbocycles. The van der Waals surface area contributed by atoms with Crippen molar-refractivity contribution in [1.82, 2.24) is 20.1 Å². The number of hydrogen-bond donors (Lipinski definition) is 2.